The van der Waals surface area contributed by atoms with Gasteiger partial charge in [-0.1, -0.05) is 0 Å². The van der Waals surface area contributed by atoms with E-state index in [9.17, 15) is 9.59 Å². The van der Waals surface area contributed by atoms with Crippen molar-refractivity contribution in [2.75, 3.05) is 19.7 Å². The van der Waals surface area contributed by atoms with E-state index in [4.69, 9.17) is 9.84 Å². The summed E-state index contributed by atoms with van der Waals surface area (Å²) in [5.74, 6) is -1.03. The van der Waals surface area contributed by atoms with E-state index < -0.39 is 23.1 Å². The number of carboxylic acid groups (broad SMARTS) is 1. The number of urea groups is 1. The summed E-state index contributed by atoms with van der Waals surface area (Å²) in [6.07, 6.45) is 0. The average Bonchev–Trinajstić information content (AvgIpc) is 2.26. The molecule has 0 radical (unpaired) electrons. The van der Waals surface area contributed by atoms with Crippen LogP contribution in [-0.2, 0) is 9.53 Å². The van der Waals surface area contributed by atoms with Crippen LogP contribution in [0.1, 0.15) is 41.5 Å². The number of amides is 2. The quantitative estimate of drug-likeness (QED) is 0.740. The normalized spacial score (nSPS) is 12.1. The number of rotatable bonds is 7. The van der Waals surface area contributed by atoms with Gasteiger partial charge in [0.25, 0.3) is 0 Å². The molecule has 0 rings (SSSR count). The Labute approximate surface area is 115 Å². The molecule has 0 aromatic heterocycles. The van der Waals surface area contributed by atoms with Gasteiger partial charge < -0.3 is 20.1 Å². The van der Waals surface area contributed by atoms with Crippen molar-refractivity contribution in [1.82, 2.24) is 10.2 Å². The first-order valence-corrected chi connectivity index (χ1v) is 6.51. The fourth-order valence-corrected chi connectivity index (χ4v) is 1.73. The number of nitrogens with zero attached hydrogens (tertiary/aromatic N) is 1. The highest BCUT2D eigenvalue weighted by Crippen LogP contribution is 2.15. The molecule has 0 atom stereocenters. The van der Waals surface area contributed by atoms with Crippen molar-refractivity contribution in [3.8, 4) is 0 Å². The Hall–Kier alpha value is -1.30. The summed E-state index contributed by atoms with van der Waals surface area (Å²) in [7, 11) is 0. The minimum absolute atomic E-state index is 0.320. The Kier molecular flexibility index (Phi) is 6.29. The van der Waals surface area contributed by atoms with Gasteiger partial charge >= 0.3 is 12.0 Å². The van der Waals surface area contributed by atoms with Crippen LogP contribution in [0.3, 0.4) is 0 Å². The van der Waals surface area contributed by atoms with E-state index in [2.05, 4.69) is 5.32 Å². The lowest BCUT2D eigenvalue weighted by Gasteiger charge is -2.35. The fourth-order valence-electron chi connectivity index (χ4n) is 1.73. The van der Waals surface area contributed by atoms with Crippen molar-refractivity contribution in [3.05, 3.63) is 0 Å². The van der Waals surface area contributed by atoms with Gasteiger partial charge in [0, 0.05) is 19.7 Å². The number of aliphatic carboxylic acids is 1. The average molecular weight is 274 g/mol. The number of carboxylic acids is 1. The molecule has 2 amide bonds. The molecular formula is C13H26N2O4. The molecule has 0 saturated heterocycles. The second-order valence-corrected chi connectivity index (χ2v) is 5.46. The van der Waals surface area contributed by atoms with Crippen molar-refractivity contribution in [2.24, 2.45) is 0 Å². The van der Waals surface area contributed by atoms with Crippen molar-refractivity contribution in [3.63, 3.8) is 0 Å². The third kappa shape index (κ3) is 5.06. The summed E-state index contributed by atoms with van der Waals surface area (Å²) in [6, 6.07) is -0.400. The van der Waals surface area contributed by atoms with Crippen molar-refractivity contribution < 1.29 is 19.4 Å². The lowest BCUT2D eigenvalue weighted by Crippen LogP contribution is -2.57. The third-order valence-corrected chi connectivity index (χ3v) is 2.96. The number of hydrogen-bond donors (Lipinski definition) is 2. The molecule has 2 N–H and O–H groups in total. The molecule has 0 spiro atoms. The lowest BCUT2D eigenvalue weighted by molar-refractivity contribution is -0.147. The van der Waals surface area contributed by atoms with E-state index in [1.165, 1.54) is 18.7 Å². The molecule has 0 fully saturated rings. The van der Waals surface area contributed by atoms with Crippen molar-refractivity contribution in [1.29, 1.82) is 0 Å². The van der Waals surface area contributed by atoms with E-state index in [1.807, 2.05) is 20.8 Å². The molecule has 0 aromatic carbocycles. The van der Waals surface area contributed by atoms with E-state index >= 15 is 0 Å². The number of likely N-dealkylation sites (N-methyl/N-ethyl adjacent to an activating group) is 1. The molecule has 0 saturated carbocycles. The van der Waals surface area contributed by atoms with Crippen LogP contribution in [0.4, 0.5) is 4.79 Å². The molecular weight excluding hydrogens is 248 g/mol. The Morgan fingerprint density at radius 1 is 1.21 bits per heavy atom. The smallest absolute Gasteiger partial charge is 0.329 e. The molecule has 112 valence electrons. The third-order valence-electron chi connectivity index (χ3n) is 2.96. The van der Waals surface area contributed by atoms with E-state index in [-0.39, 0.29) is 0 Å². The zero-order valence-electron chi connectivity index (χ0n) is 12.7. The minimum Gasteiger partial charge on any atom is -0.480 e. The predicted octanol–water partition coefficient (Wildman–Crippen LogP) is 1.70. The number of ether oxygens (including phenoxy) is 1. The number of nitrogens with one attached hydrogen (secondary N) is 1. The molecule has 6 nitrogen and oxygen atoms in total. The Bertz CT molecular complexity index is 327. The van der Waals surface area contributed by atoms with Crippen LogP contribution in [-0.4, -0.2) is 52.8 Å². The summed E-state index contributed by atoms with van der Waals surface area (Å²) in [4.78, 5) is 24.5. The number of carbonyl (C=O) groups excluding carboxylic acids is 1. The summed E-state index contributed by atoms with van der Waals surface area (Å²) in [5, 5.41) is 11.9. The predicted molar refractivity (Wildman–Crippen MR) is 73.2 cm³/mol. The van der Waals surface area contributed by atoms with Crippen LogP contribution in [0.2, 0.25) is 0 Å². The van der Waals surface area contributed by atoms with Gasteiger partial charge in [-0.15, -0.1) is 0 Å². The van der Waals surface area contributed by atoms with Gasteiger partial charge in [0.1, 0.15) is 5.54 Å². The molecule has 6 heteroatoms. The fraction of sp³-hybridized carbons (Fsp3) is 0.846. The van der Waals surface area contributed by atoms with Gasteiger partial charge in [-0.2, -0.15) is 0 Å². The number of hydrogen-bond acceptors (Lipinski definition) is 3. The highest BCUT2D eigenvalue weighted by atomic mass is 16.5. The molecule has 0 aromatic rings. The van der Waals surface area contributed by atoms with Crippen LogP contribution in [0.25, 0.3) is 0 Å². The van der Waals surface area contributed by atoms with Crippen LogP contribution >= 0.6 is 0 Å². The van der Waals surface area contributed by atoms with Gasteiger partial charge in [0.05, 0.1) is 5.60 Å². The highest BCUT2D eigenvalue weighted by Gasteiger charge is 2.37. The SMILES string of the molecule is CCOC(C)(C)CNC(=O)N(CC)C(C)(C)C(=O)O. The summed E-state index contributed by atoms with van der Waals surface area (Å²) in [5.41, 5.74) is -1.72. The van der Waals surface area contributed by atoms with Gasteiger partial charge in [-0.05, 0) is 41.5 Å². The van der Waals surface area contributed by atoms with Gasteiger partial charge in [-0.3, -0.25) is 0 Å². The van der Waals surface area contributed by atoms with Crippen LogP contribution in [0.5, 0.6) is 0 Å². The van der Waals surface area contributed by atoms with Crippen LogP contribution in [0, 0.1) is 0 Å². The molecule has 0 aliphatic rings. The maximum absolute atomic E-state index is 12.1. The van der Waals surface area contributed by atoms with Crippen molar-refractivity contribution in [2.45, 2.75) is 52.7 Å². The maximum Gasteiger partial charge on any atom is 0.329 e. The zero-order valence-corrected chi connectivity index (χ0v) is 12.7. The van der Waals surface area contributed by atoms with Gasteiger partial charge in [-0.25, -0.2) is 9.59 Å². The Balaban J connectivity index is 4.67. The zero-order chi connectivity index (χ0) is 15.3. The molecule has 0 heterocycles. The maximum atomic E-state index is 12.1. The van der Waals surface area contributed by atoms with Crippen LogP contribution < -0.4 is 5.32 Å². The molecule has 19 heavy (non-hydrogen) atoms. The standard InChI is InChI=1S/C13H26N2O4/c1-7-15(13(5,6)10(16)17)11(18)14-9-12(3,4)19-8-2/h7-9H2,1-6H3,(H,14,18)(H,16,17). The Morgan fingerprint density at radius 2 is 1.74 bits per heavy atom. The largest absolute Gasteiger partial charge is 0.480 e. The molecule has 0 aliphatic heterocycles. The van der Waals surface area contributed by atoms with E-state index in [1.54, 1.807) is 6.92 Å². The van der Waals surface area contributed by atoms with Crippen molar-refractivity contribution >= 4 is 12.0 Å². The second-order valence-electron chi connectivity index (χ2n) is 5.46. The second kappa shape index (κ2) is 6.75. The molecule has 0 bridgehead atoms. The topological polar surface area (TPSA) is 78.9 Å². The van der Waals surface area contributed by atoms with Gasteiger partial charge in [0.2, 0.25) is 0 Å². The van der Waals surface area contributed by atoms with Crippen LogP contribution in [0.15, 0.2) is 0 Å². The van der Waals surface area contributed by atoms with E-state index in [0.29, 0.717) is 19.7 Å². The monoisotopic (exact) mass is 274 g/mol. The Morgan fingerprint density at radius 3 is 2.11 bits per heavy atom. The van der Waals surface area contributed by atoms with E-state index in [0.717, 1.165) is 0 Å². The molecule has 0 aliphatic carbocycles. The summed E-state index contributed by atoms with van der Waals surface area (Å²) in [6.45, 7) is 11.6. The highest BCUT2D eigenvalue weighted by molar-refractivity contribution is 5.85. The molecule has 0 unspecified atom stereocenters. The minimum atomic E-state index is -1.24. The first-order valence-electron chi connectivity index (χ1n) is 6.51. The lowest BCUT2D eigenvalue weighted by atomic mass is 10.0. The summed E-state index contributed by atoms with van der Waals surface area (Å²) >= 11 is 0. The first-order chi connectivity index (χ1) is 8.58. The van der Waals surface area contributed by atoms with Gasteiger partial charge in [0.15, 0.2) is 0 Å². The first kappa shape index (κ1) is 17.7. The summed E-state index contributed by atoms with van der Waals surface area (Å²) < 4.78 is 5.48. The number of carbonyl (C=O) groups is 2.